The molecule has 128 valence electrons. The van der Waals surface area contributed by atoms with Gasteiger partial charge >= 0.3 is 0 Å². The van der Waals surface area contributed by atoms with Gasteiger partial charge in [0.15, 0.2) is 11.5 Å². The maximum atomic E-state index is 12.8. The van der Waals surface area contributed by atoms with Crippen molar-refractivity contribution in [3.05, 3.63) is 57.6 Å². The molecule has 0 bridgehead atoms. The van der Waals surface area contributed by atoms with Crippen molar-refractivity contribution < 1.29 is 14.6 Å². The van der Waals surface area contributed by atoms with E-state index in [2.05, 4.69) is 21.0 Å². The van der Waals surface area contributed by atoms with Crippen LogP contribution in [-0.2, 0) is 4.79 Å². The monoisotopic (exact) mass is 400 g/mol. The van der Waals surface area contributed by atoms with Crippen LogP contribution in [0.3, 0.4) is 0 Å². The van der Waals surface area contributed by atoms with Crippen LogP contribution in [0.2, 0.25) is 0 Å². The number of halogens is 1. The summed E-state index contributed by atoms with van der Waals surface area (Å²) in [5.41, 5.74) is 3.63. The quantitative estimate of drug-likeness (QED) is 0.782. The number of aryl methyl sites for hydroxylation is 1. The zero-order chi connectivity index (χ0) is 18.1. The van der Waals surface area contributed by atoms with Crippen LogP contribution in [0.1, 0.15) is 18.1 Å². The van der Waals surface area contributed by atoms with Crippen molar-refractivity contribution in [2.45, 2.75) is 13.8 Å². The molecule has 0 aliphatic carbocycles. The molecule has 0 aromatic heterocycles. The Bertz CT molecular complexity index is 919. The van der Waals surface area contributed by atoms with Crippen LogP contribution in [0.4, 0.5) is 5.69 Å². The number of phenolic OH excluding ortho intramolecular Hbond substituents is 1. The Morgan fingerprint density at radius 3 is 2.68 bits per heavy atom. The second kappa shape index (κ2) is 6.72. The van der Waals surface area contributed by atoms with Crippen LogP contribution in [0, 0.1) is 6.92 Å². The topological polar surface area (TPSA) is 62.1 Å². The van der Waals surface area contributed by atoms with Gasteiger partial charge in [-0.05, 0) is 55.3 Å². The molecule has 1 N–H and O–H groups in total. The summed E-state index contributed by atoms with van der Waals surface area (Å²) in [6.45, 7) is 3.77. The highest BCUT2D eigenvalue weighted by Crippen LogP contribution is 2.34. The molecule has 0 atom stereocenters. The SMILES string of the molecule is COc1cc(/C=C2/C(=O)N(c3cccc(C)c3)N=C2C)c(Br)cc1O. The van der Waals surface area contributed by atoms with E-state index in [1.807, 2.05) is 31.2 Å². The van der Waals surface area contributed by atoms with Gasteiger partial charge in [0.05, 0.1) is 24.1 Å². The lowest BCUT2D eigenvalue weighted by molar-refractivity contribution is -0.114. The molecule has 0 saturated heterocycles. The minimum atomic E-state index is -0.193. The lowest BCUT2D eigenvalue weighted by atomic mass is 10.1. The summed E-state index contributed by atoms with van der Waals surface area (Å²) in [7, 11) is 1.48. The van der Waals surface area contributed by atoms with E-state index in [1.54, 1.807) is 19.1 Å². The van der Waals surface area contributed by atoms with Gasteiger partial charge in [-0.15, -0.1) is 0 Å². The first-order chi connectivity index (χ1) is 11.9. The van der Waals surface area contributed by atoms with Crippen molar-refractivity contribution in [1.82, 2.24) is 0 Å². The van der Waals surface area contributed by atoms with Gasteiger partial charge in [0.1, 0.15) is 0 Å². The third-order valence-electron chi connectivity index (χ3n) is 3.91. The number of anilines is 1. The number of ether oxygens (including phenoxy) is 1. The summed E-state index contributed by atoms with van der Waals surface area (Å²) in [5, 5.41) is 15.6. The minimum absolute atomic E-state index is 0.0287. The molecule has 0 saturated carbocycles. The number of hydrogen-bond acceptors (Lipinski definition) is 4. The molecule has 0 unspecified atom stereocenters. The normalized spacial score (nSPS) is 15.7. The Labute approximate surface area is 154 Å². The second-order valence-corrected chi connectivity index (χ2v) is 6.60. The third kappa shape index (κ3) is 3.30. The number of benzene rings is 2. The van der Waals surface area contributed by atoms with Crippen LogP contribution < -0.4 is 9.75 Å². The van der Waals surface area contributed by atoms with E-state index in [4.69, 9.17) is 4.74 Å². The summed E-state index contributed by atoms with van der Waals surface area (Å²) in [6.07, 6.45) is 1.74. The first-order valence-electron chi connectivity index (χ1n) is 7.65. The molecule has 2 aromatic rings. The maximum Gasteiger partial charge on any atom is 0.280 e. The van der Waals surface area contributed by atoms with Crippen molar-refractivity contribution in [1.29, 1.82) is 0 Å². The number of phenols is 1. The Kier molecular flexibility index (Phi) is 4.63. The number of nitrogens with zero attached hydrogens (tertiary/aromatic N) is 2. The number of amides is 1. The van der Waals surface area contributed by atoms with Crippen molar-refractivity contribution in [3.63, 3.8) is 0 Å². The van der Waals surface area contributed by atoms with Crippen LogP contribution in [-0.4, -0.2) is 23.8 Å². The molecule has 0 fully saturated rings. The zero-order valence-electron chi connectivity index (χ0n) is 14.1. The first kappa shape index (κ1) is 17.2. The first-order valence-corrected chi connectivity index (χ1v) is 8.45. The van der Waals surface area contributed by atoms with Gasteiger partial charge < -0.3 is 9.84 Å². The largest absolute Gasteiger partial charge is 0.504 e. The lowest BCUT2D eigenvalue weighted by Crippen LogP contribution is -2.21. The van der Waals surface area contributed by atoms with Crippen molar-refractivity contribution in [2.75, 3.05) is 12.1 Å². The predicted octanol–water partition coefficient (Wildman–Crippen LogP) is 4.28. The van der Waals surface area contributed by atoms with Crippen LogP contribution in [0.25, 0.3) is 6.08 Å². The standard InChI is InChI=1S/C19H17BrN2O3/c1-11-5-4-6-14(7-11)22-19(24)15(12(2)21-22)8-13-9-18(25-3)17(23)10-16(13)20/h4-10,23H,1-3H3/b15-8+. The van der Waals surface area contributed by atoms with Gasteiger partial charge in [-0.3, -0.25) is 4.79 Å². The van der Waals surface area contributed by atoms with Crippen molar-refractivity contribution in [2.24, 2.45) is 5.10 Å². The predicted molar refractivity (Wildman–Crippen MR) is 102 cm³/mol. The van der Waals surface area contributed by atoms with E-state index in [0.717, 1.165) is 16.8 Å². The molecule has 6 heteroatoms. The number of methoxy groups -OCH3 is 1. The fourth-order valence-electron chi connectivity index (χ4n) is 2.61. The lowest BCUT2D eigenvalue weighted by Gasteiger charge is -2.12. The molecule has 25 heavy (non-hydrogen) atoms. The Morgan fingerprint density at radius 2 is 2.00 bits per heavy atom. The summed E-state index contributed by atoms with van der Waals surface area (Å²) in [6, 6.07) is 10.8. The number of carbonyl (C=O) groups is 1. The second-order valence-electron chi connectivity index (χ2n) is 5.74. The van der Waals surface area contributed by atoms with Crippen LogP contribution >= 0.6 is 15.9 Å². The number of aromatic hydroxyl groups is 1. The average molecular weight is 401 g/mol. The molecule has 2 aromatic carbocycles. The highest BCUT2D eigenvalue weighted by molar-refractivity contribution is 9.10. The van der Waals surface area contributed by atoms with E-state index in [-0.39, 0.29) is 11.7 Å². The molecule has 0 radical (unpaired) electrons. The number of hydrogen-bond donors (Lipinski definition) is 1. The molecule has 1 aliphatic rings. The number of carbonyl (C=O) groups excluding carboxylic acids is 1. The average Bonchev–Trinajstić information content (AvgIpc) is 2.85. The van der Waals surface area contributed by atoms with E-state index >= 15 is 0 Å². The minimum Gasteiger partial charge on any atom is -0.504 e. The third-order valence-corrected chi connectivity index (χ3v) is 4.59. The van der Waals surface area contributed by atoms with E-state index < -0.39 is 0 Å². The molecule has 1 heterocycles. The van der Waals surface area contributed by atoms with Crippen LogP contribution in [0.5, 0.6) is 11.5 Å². The fourth-order valence-corrected chi connectivity index (χ4v) is 3.05. The molecular formula is C19H17BrN2O3. The van der Waals surface area contributed by atoms with Gasteiger partial charge in [-0.25, -0.2) is 0 Å². The van der Waals surface area contributed by atoms with Crippen molar-refractivity contribution >= 4 is 39.3 Å². The zero-order valence-corrected chi connectivity index (χ0v) is 15.7. The van der Waals surface area contributed by atoms with E-state index in [9.17, 15) is 9.90 Å². The van der Waals surface area contributed by atoms with Gasteiger partial charge in [-0.1, -0.05) is 28.1 Å². The molecule has 1 amide bonds. The van der Waals surface area contributed by atoms with Crippen LogP contribution in [0.15, 0.2) is 51.5 Å². The van der Waals surface area contributed by atoms with Gasteiger partial charge in [0.2, 0.25) is 0 Å². The van der Waals surface area contributed by atoms with E-state index in [1.165, 1.54) is 18.2 Å². The summed E-state index contributed by atoms with van der Waals surface area (Å²) < 4.78 is 5.80. The smallest absolute Gasteiger partial charge is 0.280 e. The maximum absolute atomic E-state index is 12.8. The Hall–Kier alpha value is -2.60. The van der Waals surface area contributed by atoms with Gasteiger partial charge in [0.25, 0.3) is 5.91 Å². The summed E-state index contributed by atoms with van der Waals surface area (Å²) >= 11 is 3.40. The number of hydrazone groups is 1. The molecule has 3 rings (SSSR count). The van der Waals surface area contributed by atoms with Gasteiger partial charge in [0, 0.05) is 4.47 Å². The highest BCUT2D eigenvalue weighted by Gasteiger charge is 2.29. The van der Waals surface area contributed by atoms with Gasteiger partial charge in [-0.2, -0.15) is 10.1 Å². The summed E-state index contributed by atoms with van der Waals surface area (Å²) in [4.78, 5) is 12.8. The van der Waals surface area contributed by atoms with E-state index in [0.29, 0.717) is 21.5 Å². The molecule has 5 nitrogen and oxygen atoms in total. The molecule has 1 aliphatic heterocycles. The Morgan fingerprint density at radius 1 is 1.24 bits per heavy atom. The Balaban J connectivity index is 2.01. The number of rotatable bonds is 3. The highest BCUT2D eigenvalue weighted by atomic mass is 79.9. The fraction of sp³-hybridized carbons (Fsp3) is 0.158. The summed E-state index contributed by atoms with van der Waals surface area (Å²) in [5.74, 6) is 0.175. The van der Waals surface area contributed by atoms with Crippen molar-refractivity contribution in [3.8, 4) is 11.5 Å². The molecule has 0 spiro atoms. The molecular weight excluding hydrogens is 384 g/mol.